The third-order valence-electron chi connectivity index (χ3n) is 2.75. The van der Waals surface area contributed by atoms with Gasteiger partial charge in [-0.25, -0.2) is 9.37 Å². The highest BCUT2D eigenvalue weighted by Gasteiger charge is 2.13. The van der Waals surface area contributed by atoms with Gasteiger partial charge in [0.25, 0.3) is 0 Å². The molecule has 0 aliphatic rings. The number of fused-ring (bicyclic) bond motifs is 1. The van der Waals surface area contributed by atoms with Gasteiger partial charge in [-0.15, -0.1) is 0 Å². The molecule has 0 atom stereocenters. The standard InChI is InChI=1S/C13H18FN3/c1-4-12-16-11(8-15-9(2)3)13-10(14)6-5-7-17(12)13/h5-7,9,15H,4,8H2,1-3H3. The first-order valence-electron chi connectivity index (χ1n) is 6.01. The summed E-state index contributed by atoms with van der Waals surface area (Å²) in [5.74, 6) is 0.695. The third kappa shape index (κ3) is 2.31. The summed E-state index contributed by atoms with van der Waals surface area (Å²) in [5.41, 5.74) is 1.38. The zero-order valence-corrected chi connectivity index (χ0v) is 10.5. The number of pyridine rings is 1. The number of hydrogen-bond donors (Lipinski definition) is 1. The Morgan fingerprint density at radius 1 is 1.47 bits per heavy atom. The highest BCUT2D eigenvalue weighted by atomic mass is 19.1. The average molecular weight is 235 g/mol. The summed E-state index contributed by atoms with van der Waals surface area (Å²) >= 11 is 0. The van der Waals surface area contributed by atoms with Crippen molar-refractivity contribution in [2.75, 3.05) is 0 Å². The van der Waals surface area contributed by atoms with E-state index in [0.717, 1.165) is 17.9 Å². The van der Waals surface area contributed by atoms with Crippen LogP contribution in [0.5, 0.6) is 0 Å². The monoisotopic (exact) mass is 235 g/mol. The lowest BCUT2D eigenvalue weighted by molar-refractivity contribution is 0.581. The molecule has 0 fully saturated rings. The van der Waals surface area contributed by atoms with Crippen LogP contribution in [0.1, 0.15) is 32.3 Å². The highest BCUT2D eigenvalue weighted by Crippen LogP contribution is 2.17. The molecule has 2 heterocycles. The van der Waals surface area contributed by atoms with Gasteiger partial charge in [-0.05, 0) is 12.1 Å². The van der Waals surface area contributed by atoms with Crippen LogP contribution in [0, 0.1) is 5.82 Å². The maximum Gasteiger partial charge on any atom is 0.149 e. The lowest BCUT2D eigenvalue weighted by Gasteiger charge is -2.06. The van der Waals surface area contributed by atoms with Crippen LogP contribution in [0.25, 0.3) is 5.52 Å². The number of halogens is 1. The van der Waals surface area contributed by atoms with Crippen molar-refractivity contribution in [1.29, 1.82) is 0 Å². The number of rotatable bonds is 4. The zero-order valence-electron chi connectivity index (χ0n) is 10.5. The molecule has 0 saturated carbocycles. The second-order valence-corrected chi connectivity index (χ2v) is 4.44. The Morgan fingerprint density at radius 3 is 2.88 bits per heavy atom. The van der Waals surface area contributed by atoms with E-state index in [1.807, 2.05) is 17.5 Å². The molecule has 0 amide bonds. The molecule has 0 aromatic carbocycles. The lowest BCUT2D eigenvalue weighted by Crippen LogP contribution is -2.22. The Hall–Kier alpha value is -1.42. The number of nitrogens with zero attached hydrogens (tertiary/aromatic N) is 2. The van der Waals surface area contributed by atoms with E-state index < -0.39 is 0 Å². The van der Waals surface area contributed by atoms with E-state index in [2.05, 4.69) is 24.1 Å². The summed E-state index contributed by atoms with van der Waals surface area (Å²) in [4.78, 5) is 4.50. The van der Waals surface area contributed by atoms with Crippen LogP contribution in [0.3, 0.4) is 0 Å². The molecule has 2 aromatic heterocycles. The Kier molecular flexibility index (Phi) is 3.43. The number of imidazole rings is 1. The first-order valence-corrected chi connectivity index (χ1v) is 6.01. The molecule has 2 aromatic rings. The maximum absolute atomic E-state index is 13.8. The topological polar surface area (TPSA) is 29.3 Å². The molecule has 0 unspecified atom stereocenters. The van der Waals surface area contributed by atoms with Crippen LogP contribution >= 0.6 is 0 Å². The highest BCUT2D eigenvalue weighted by molar-refractivity contribution is 5.54. The molecule has 2 rings (SSSR count). The molecule has 17 heavy (non-hydrogen) atoms. The van der Waals surface area contributed by atoms with E-state index in [9.17, 15) is 4.39 Å². The van der Waals surface area contributed by atoms with Gasteiger partial charge in [0.2, 0.25) is 0 Å². The summed E-state index contributed by atoms with van der Waals surface area (Å²) in [6.07, 6.45) is 2.66. The quantitative estimate of drug-likeness (QED) is 0.882. The van der Waals surface area contributed by atoms with Gasteiger partial charge in [-0.3, -0.25) is 0 Å². The summed E-state index contributed by atoms with van der Waals surface area (Å²) in [6.45, 7) is 6.76. The van der Waals surface area contributed by atoms with Gasteiger partial charge in [0.1, 0.15) is 17.2 Å². The zero-order chi connectivity index (χ0) is 12.4. The van der Waals surface area contributed by atoms with E-state index in [-0.39, 0.29) is 5.82 Å². The molecule has 3 nitrogen and oxygen atoms in total. The first kappa shape index (κ1) is 12.0. The van der Waals surface area contributed by atoms with Crippen LogP contribution in [0.4, 0.5) is 4.39 Å². The van der Waals surface area contributed by atoms with Gasteiger partial charge in [-0.2, -0.15) is 0 Å². The van der Waals surface area contributed by atoms with Crippen LogP contribution in [0.15, 0.2) is 18.3 Å². The van der Waals surface area contributed by atoms with Gasteiger partial charge < -0.3 is 9.72 Å². The molecule has 0 aliphatic carbocycles. The van der Waals surface area contributed by atoms with Crippen molar-refractivity contribution in [2.45, 2.75) is 39.8 Å². The minimum atomic E-state index is -0.208. The maximum atomic E-state index is 13.8. The molecule has 92 valence electrons. The van der Waals surface area contributed by atoms with E-state index in [1.54, 1.807) is 6.07 Å². The molecule has 0 aliphatic heterocycles. The van der Waals surface area contributed by atoms with Crippen molar-refractivity contribution in [1.82, 2.24) is 14.7 Å². The van der Waals surface area contributed by atoms with Crippen LogP contribution in [0.2, 0.25) is 0 Å². The van der Waals surface area contributed by atoms with E-state index in [1.165, 1.54) is 6.07 Å². The predicted octanol–water partition coefficient (Wildman–Crippen LogP) is 2.53. The molecule has 4 heteroatoms. The van der Waals surface area contributed by atoms with Gasteiger partial charge in [-0.1, -0.05) is 20.8 Å². The molecular formula is C13H18FN3. The van der Waals surface area contributed by atoms with Gasteiger partial charge in [0, 0.05) is 25.2 Å². The Bertz CT molecular complexity index is 517. The molecule has 0 bridgehead atoms. The third-order valence-corrected chi connectivity index (χ3v) is 2.75. The minimum Gasteiger partial charge on any atom is -0.309 e. The summed E-state index contributed by atoms with van der Waals surface area (Å²) in [5, 5.41) is 3.28. The molecule has 0 radical (unpaired) electrons. The van der Waals surface area contributed by atoms with Gasteiger partial charge >= 0.3 is 0 Å². The van der Waals surface area contributed by atoms with Crippen molar-refractivity contribution in [3.05, 3.63) is 35.7 Å². The van der Waals surface area contributed by atoms with Crippen molar-refractivity contribution < 1.29 is 4.39 Å². The largest absolute Gasteiger partial charge is 0.309 e. The Morgan fingerprint density at radius 2 is 2.24 bits per heavy atom. The van der Waals surface area contributed by atoms with Gasteiger partial charge in [0.15, 0.2) is 0 Å². The molecule has 1 N–H and O–H groups in total. The molecule has 0 saturated heterocycles. The van der Waals surface area contributed by atoms with Crippen LogP contribution < -0.4 is 5.32 Å². The van der Waals surface area contributed by atoms with E-state index in [4.69, 9.17) is 0 Å². The van der Waals surface area contributed by atoms with Gasteiger partial charge in [0.05, 0.1) is 5.69 Å². The van der Waals surface area contributed by atoms with Crippen molar-refractivity contribution in [3.63, 3.8) is 0 Å². The number of aryl methyl sites for hydroxylation is 1. The second-order valence-electron chi connectivity index (χ2n) is 4.44. The van der Waals surface area contributed by atoms with Crippen molar-refractivity contribution >= 4 is 5.52 Å². The predicted molar refractivity (Wildman–Crippen MR) is 66.5 cm³/mol. The fourth-order valence-electron chi connectivity index (χ4n) is 1.91. The molecule has 0 spiro atoms. The summed E-state index contributed by atoms with van der Waals surface area (Å²) < 4.78 is 15.7. The fourth-order valence-corrected chi connectivity index (χ4v) is 1.91. The second kappa shape index (κ2) is 4.84. The normalized spacial score (nSPS) is 11.6. The molecular weight excluding hydrogens is 217 g/mol. The lowest BCUT2D eigenvalue weighted by atomic mass is 10.3. The summed E-state index contributed by atoms with van der Waals surface area (Å²) in [7, 11) is 0. The van der Waals surface area contributed by atoms with Crippen LogP contribution in [-0.2, 0) is 13.0 Å². The van der Waals surface area contributed by atoms with E-state index in [0.29, 0.717) is 18.1 Å². The fraction of sp³-hybridized carbons (Fsp3) is 0.462. The Balaban J connectivity index is 2.47. The number of hydrogen-bond acceptors (Lipinski definition) is 2. The summed E-state index contributed by atoms with van der Waals surface area (Å²) in [6, 6.07) is 3.56. The first-order chi connectivity index (χ1) is 8.13. The van der Waals surface area contributed by atoms with E-state index >= 15 is 0 Å². The average Bonchev–Trinajstić information content (AvgIpc) is 2.66. The smallest absolute Gasteiger partial charge is 0.149 e. The SMILES string of the molecule is CCc1nc(CNC(C)C)c2c(F)cccn12. The van der Waals surface area contributed by atoms with Crippen molar-refractivity contribution in [2.24, 2.45) is 0 Å². The van der Waals surface area contributed by atoms with Crippen LogP contribution in [-0.4, -0.2) is 15.4 Å². The number of nitrogens with one attached hydrogen (secondary N) is 1. The number of aromatic nitrogens is 2. The minimum absolute atomic E-state index is 0.208. The van der Waals surface area contributed by atoms with Crippen molar-refractivity contribution in [3.8, 4) is 0 Å². The Labute approximate surface area is 101 Å².